The maximum absolute atomic E-state index is 12.9. The van der Waals surface area contributed by atoms with Crippen molar-refractivity contribution in [3.05, 3.63) is 35.9 Å². The van der Waals surface area contributed by atoms with Gasteiger partial charge in [-0.05, 0) is 24.3 Å². The first-order valence-electron chi connectivity index (χ1n) is 9.34. The van der Waals surface area contributed by atoms with Gasteiger partial charge in [0, 0.05) is 25.9 Å². The maximum atomic E-state index is 12.9. The Hall–Kier alpha value is -1.64. The van der Waals surface area contributed by atoms with Crippen molar-refractivity contribution in [1.82, 2.24) is 9.62 Å². The van der Waals surface area contributed by atoms with E-state index in [-0.39, 0.29) is 37.6 Å². The molecule has 8 heteroatoms. The summed E-state index contributed by atoms with van der Waals surface area (Å²) in [6, 6.07) is 9.14. The lowest BCUT2D eigenvalue weighted by atomic mass is 9.98. The molecule has 1 amide bonds. The molecule has 7 nitrogen and oxygen atoms in total. The Kier molecular flexibility index (Phi) is 9.21. The van der Waals surface area contributed by atoms with E-state index in [4.69, 9.17) is 5.11 Å². The van der Waals surface area contributed by atoms with Gasteiger partial charge in [0.05, 0.1) is 5.75 Å². The van der Waals surface area contributed by atoms with Gasteiger partial charge in [-0.1, -0.05) is 51.1 Å². The van der Waals surface area contributed by atoms with Crippen molar-refractivity contribution >= 4 is 16.1 Å². The van der Waals surface area contributed by atoms with E-state index < -0.39 is 21.8 Å². The SMILES string of the molecule is CCCS(=O)(=O)N(CCC(C)C)C(O)(CCNC(=O)O)Cc1ccccc1. The summed E-state index contributed by atoms with van der Waals surface area (Å²) in [4.78, 5) is 10.8. The van der Waals surface area contributed by atoms with E-state index in [1.165, 1.54) is 4.31 Å². The van der Waals surface area contributed by atoms with Gasteiger partial charge in [-0.2, -0.15) is 4.31 Å². The number of nitrogens with one attached hydrogen (secondary N) is 1. The highest BCUT2D eigenvalue weighted by Crippen LogP contribution is 2.27. The van der Waals surface area contributed by atoms with Gasteiger partial charge in [0.15, 0.2) is 0 Å². The molecule has 1 unspecified atom stereocenters. The van der Waals surface area contributed by atoms with Gasteiger partial charge in [0.2, 0.25) is 10.0 Å². The summed E-state index contributed by atoms with van der Waals surface area (Å²) < 4.78 is 27.0. The summed E-state index contributed by atoms with van der Waals surface area (Å²) in [6.07, 6.45) is -0.102. The standard InChI is InChI=1S/C19H32N2O5S/c1-4-14-27(25,26)21(13-10-16(2)3)19(24,11-12-20-18(22)23)15-17-8-6-5-7-9-17/h5-9,16,20,24H,4,10-15H2,1-3H3,(H,22,23). The monoisotopic (exact) mass is 400 g/mol. The zero-order valence-corrected chi connectivity index (χ0v) is 17.2. The highest BCUT2D eigenvalue weighted by molar-refractivity contribution is 7.89. The number of hydrogen-bond donors (Lipinski definition) is 3. The smallest absolute Gasteiger partial charge is 0.404 e. The van der Waals surface area contributed by atoms with Crippen LogP contribution in [0.3, 0.4) is 0 Å². The van der Waals surface area contributed by atoms with Crippen LogP contribution in [0.4, 0.5) is 4.79 Å². The molecule has 0 fully saturated rings. The predicted molar refractivity (Wildman–Crippen MR) is 106 cm³/mol. The number of nitrogens with zero attached hydrogens (tertiary/aromatic N) is 1. The summed E-state index contributed by atoms with van der Waals surface area (Å²) in [5.41, 5.74) is -0.913. The first-order valence-corrected chi connectivity index (χ1v) is 10.9. The van der Waals surface area contributed by atoms with Gasteiger partial charge < -0.3 is 15.5 Å². The number of carboxylic acid groups (broad SMARTS) is 1. The number of aliphatic hydroxyl groups is 1. The molecule has 1 atom stereocenters. The molecule has 0 radical (unpaired) electrons. The van der Waals surface area contributed by atoms with Crippen molar-refractivity contribution in [3.63, 3.8) is 0 Å². The van der Waals surface area contributed by atoms with E-state index in [2.05, 4.69) is 5.32 Å². The summed E-state index contributed by atoms with van der Waals surface area (Å²) in [7, 11) is -3.69. The van der Waals surface area contributed by atoms with Crippen molar-refractivity contribution in [3.8, 4) is 0 Å². The Morgan fingerprint density at radius 1 is 1.26 bits per heavy atom. The topological polar surface area (TPSA) is 107 Å². The fraction of sp³-hybridized carbons (Fsp3) is 0.632. The third kappa shape index (κ3) is 7.86. The lowest BCUT2D eigenvalue weighted by Crippen LogP contribution is -2.55. The molecule has 1 aromatic rings. The first kappa shape index (κ1) is 23.4. The van der Waals surface area contributed by atoms with Gasteiger partial charge in [0.1, 0.15) is 5.72 Å². The average Bonchev–Trinajstić information content (AvgIpc) is 2.54. The van der Waals surface area contributed by atoms with Crippen LogP contribution in [0.1, 0.15) is 45.6 Å². The fourth-order valence-corrected chi connectivity index (χ4v) is 4.74. The lowest BCUT2D eigenvalue weighted by Gasteiger charge is -2.39. The van der Waals surface area contributed by atoms with E-state index in [0.717, 1.165) is 5.56 Å². The van der Waals surface area contributed by atoms with Crippen LogP contribution in [0, 0.1) is 5.92 Å². The molecule has 0 aliphatic rings. The van der Waals surface area contributed by atoms with Crippen LogP contribution in [-0.4, -0.2) is 53.6 Å². The molecule has 0 heterocycles. The lowest BCUT2D eigenvalue weighted by molar-refractivity contribution is -0.0675. The minimum Gasteiger partial charge on any atom is -0.465 e. The number of benzene rings is 1. The van der Waals surface area contributed by atoms with Gasteiger partial charge in [-0.3, -0.25) is 0 Å². The molecule has 0 bridgehead atoms. The van der Waals surface area contributed by atoms with E-state index in [1.54, 1.807) is 6.92 Å². The quantitative estimate of drug-likeness (QED) is 0.468. The van der Waals surface area contributed by atoms with Crippen molar-refractivity contribution < 1.29 is 23.4 Å². The largest absolute Gasteiger partial charge is 0.465 e. The maximum Gasteiger partial charge on any atom is 0.404 e. The van der Waals surface area contributed by atoms with Crippen LogP contribution >= 0.6 is 0 Å². The van der Waals surface area contributed by atoms with Crippen molar-refractivity contribution in [2.24, 2.45) is 5.92 Å². The minimum atomic E-state index is -3.69. The Balaban J connectivity index is 3.22. The van der Waals surface area contributed by atoms with Crippen molar-refractivity contribution in [1.29, 1.82) is 0 Å². The summed E-state index contributed by atoms with van der Waals surface area (Å²) in [5.74, 6) is 0.205. The third-order valence-electron chi connectivity index (χ3n) is 4.30. The number of rotatable bonds is 12. The number of amides is 1. The van der Waals surface area contributed by atoms with Crippen LogP contribution in [0.15, 0.2) is 30.3 Å². The normalized spacial score (nSPS) is 14.3. The molecule has 1 rings (SSSR count). The molecule has 0 saturated carbocycles. The third-order valence-corrected chi connectivity index (χ3v) is 6.42. The summed E-state index contributed by atoms with van der Waals surface area (Å²) in [6.45, 7) is 5.91. The zero-order chi connectivity index (χ0) is 20.5. The van der Waals surface area contributed by atoms with E-state index in [0.29, 0.717) is 12.8 Å². The summed E-state index contributed by atoms with van der Waals surface area (Å²) in [5, 5.41) is 22.5. The molecule has 3 N–H and O–H groups in total. The van der Waals surface area contributed by atoms with Gasteiger partial charge >= 0.3 is 6.09 Å². The van der Waals surface area contributed by atoms with Crippen molar-refractivity contribution in [2.45, 2.75) is 52.2 Å². The molecule has 1 aromatic carbocycles. The number of hydrogen-bond acceptors (Lipinski definition) is 4. The second-order valence-corrected chi connectivity index (χ2v) is 9.21. The van der Waals surface area contributed by atoms with Gasteiger partial charge in [-0.25, -0.2) is 13.2 Å². The van der Waals surface area contributed by atoms with Crippen molar-refractivity contribution in [2.75, 3.05) is 18.8 Å². The highest BCUT2D eigenvalue weighted by atomic mass is 32.2. The highest BCUT2D eigenvalue weighted by Gasteiger charge is 2.41. The molecule has 0 aromatic heterocycles. The Labute approximate surface area is 162 Å². The van der Waals surface area contributed by atoms with Crippen LogP contribution in [0.25, 0.3) is 0 Å². The fourth-order valence-electron chi connectivity index (χ4n) is 2.94. The molecule has 0 saturated heterocycles. The molecular formula is C19H32N2O5S. The zero-order valence-electron chi connectivity index (χ0n) is 16.4. The van der Waals surface area contributed by atoms with Crippen LogP contribution in [-0.2, 0) is 16.4 Å². The molecule has 0 aliphatic heterocycles. The Bertz CT molecular complexity index is 679. The number of carbonyl (C=O) groups is 1. The van der Waals surface area contributed by atoms with E-state index in [9.17, 15) is 18.3 Å². The molecule has 27 heavy (non-hydrogen) atoms. The Morgan fingerprint density at radius 2 is 1.89 bits per heavy atom. The predicted octanol–water partition coefficient (Wildman–Crippen LogP) is 2.66. The van der Waals surface area contributed by atoms with E-state index >= 15 is 0 Å². The number of sulfonamides is 1. The van der Waals surface area contributed by atoms with Crippen LogP contribution in [0.5, 0.6) is 0 Å². The molecule has 154 valence electrons. The minimum absolute atomic E-state index is 0.0325. The van der Waals surface area contributed by atoms with Gasteiger partial charge in [0.25, 0.3) is 0 Å². The second kappa shape index (κ2) is 10.6. The van der Waals surface area contributed by atoms with Crippen LogP contribution in [0.2, 0.25) is 0 Å². The average molecular weight is 401 g/mol. The molecular weight excluding hydrogens is 368 g/mol. The molecule has 0 spiro atoms. The summed E-state index contributed by atoms with van der Waals surface area (Å²) >= 11 is 0. The molecule has 0 aliphatic carbocycles. The Morgan fingerprint density at radius 3 is 2.41 bits per heavy atom. The van der Waals surface area contributed by atoms with Crippen LogP contribution < -0.4 is 5.32 Å². The first-order chi connectivity index (χ1) is 12.6. The second-order valence-electron chi connectivity index (χ2n) is 7.20. The van der Waals surface area contributed by atoms with Gasteiger partial charge in [-0.15, -0.1) is 0 Å². The van der Waals surface area contributed by atoms with E-state index in [1.807, 2.05) is 44.2 Å².